The van der Waals surface area contributed by atoms with E-state index in [2.05, 4.69) is 20.7 Å². The second-order valence-electron chi connectivity index (χ2n) is 6.37. The molecule has 0 aliphatic carbocycles. The molecule has 154 valence electrons. The van der Waals surface area contributed by atoms with Crippen molar-refractivity contribution in [2.75, 3.05) is 12.4 Å². The highest BCUT2D eigenvalue weighted by molar-refractivity contribution is 8.00. The van der Waals surface area contributed by atoms with Crippen molar-refractivity contribution in [1.82, 2.24) is 19.9 Å². The maximum atomic E-state index is 12.6. The highest BCUT2D eigenvalue weighted by Crippen LogP contribution is 2.35. The van der Waals surface area contributed by atoms with Crippen molar-refractivity contribution in [1.29, 1.82) is 0 Å². The summed E-state index contributed by atoms with van der Waals surface area (Å²) in [5.41, 5.74) is 1.50. The first-order valence-electron chi connectivity index (χ1n) is 9.10. The zero-order valence-electron chi connectivity index (χ0n) is 16.5. The molecule has 0 bridgehead atoms. The van der Waals surface area contributed by atoms with Crippen molar-refractivity contribution in [3.63, 3.8) is 0 Å². The molecule has 3 aromatic heterocycles. The van der Waals surface area contributed by atoms with Crippen LogP contribution in [0.3, 0.4) is 0 Å². The summed E-state index contributed by atoms with van der Waals surface area (Å²) in [6.07, 6.45) is 0. The smallest absolute Gasteiger partial charge is 0.240 e. The summed E-state index contributed by atoms with van der Waals surface area (Å²) in [7, 11) is 1.62. The lowest BCUT2D eigenvalue weighted by molar-refractivity contribution is -0.115. The number of aryl methyl sites for hydroxylation is 1. The van der Waals surface area contributed by atoms with Gasteiger partial charge in [0.1, 0.15) is 5.75 Å². The number of hydrogen-bond acceptors (Lipinski definition) is 8. The van der Waals surface area contributed by atoms with E-state index in [4.69, 9.17) is 9.26 Å². The van der Waals surface area contributed by atoms with Crippen LogP contribution in [0.4, 0.5) is 5.88 Å². The van der Waals surface area contributed by atoms with Gasteiger partial charge in [-0.15, -0.1) is 21.5 Å². The second-order valence-corrected chi connectivity index (χ2v) is 8.63. The van der Waals surface area contributed by atoms with Crippen molar-refractivity contribution in [3.05, 3.63) is 53.5 Å². The number of benzene rings is 1. The third-order valence-corrected chi connectivity index (χ3v) is 6.14. The monoisotopic (exact) mass is 441 g/mol. The number of thioether (sulfide) groups is 1. The standard InChI is InChI=1S/C20H19N5O3S2/c1-12-11-17(28-24-12)21-19(26)13(2)30-20-23-22-18(16-9-6-10-29-16)25(20)14-7-4-5-8-15(14)27-3/h4-11,13H,1-3H3,(H,21,26). The Labute approximate surface area is 181 Å². The fourth-order valence-corrected chi connectivity index (χ4v) is 4.36. The molecule has 0 fully saturated rings. The van der Waals surface area contributed by atoms with E-state index in [0.717, 1.165) is 10.6 Å². The molecule has 1 amide bonds. The molecule has 1 aromatic carbocycles. The Balaban J connectivity index is 1.67. The van der Waals surface area contributed by atoms with Crippen LogP contribution in [0.5, 0.6) is 5.75 Å². The summed E-state index contributed by atoms with van der Waals surface area (Å²) in [6.45, 7) is 3.59. The van der Waals surface area contributed by atoms with Gasteiger partial charge in [0.05, 0.1) is 28.6 Å². The van der Waals surface area contributed by atoms with Crippen LogP contribution in [0.1, 0.15) is 12.6 Å². The van der Waals surface area contributed by atoms with Gasteiger partial charge < -0.3 is 9.26 Å². The minimum Gasteiger partial charge on any atom is -0.495 e. The predicted octanol–water partition coefficient (Wildman–Crippen LogP) is 4.42. The van der Waals surface area contributed by atoms with Crippen LogP contribution >= 0.6 is 23.1 Å². The van der Waals surface area contributed by atoms with Crippen LogP contribution in [0, 0.1) is 6.92 Å². The lowest BCUT2D eigenvalue weighted by Crippen LogP contribution is -2.22. The van der Waals surface area contributed by atoms with Crippen LogP contribution in [-0.2, 0) is 4.79 Å². The highest BCUT2D eigenvalue weighted by atomic mass is 32.2. The van der Waals surface area contributed by atoms with Gasteiger partial charge in [0.25, 0.3) is 0 Å². The van der Waals surface area contributed by atoms with E-state index in [1.54, 1.807) is 38.4 Å². The number of para-hydroxylation sites is 2. The normalized spacial score (nSPS) is 12.0. The Morgan fingerprint density at radius 3 is 2.80 bits per heavy atom. The summed E-state index contributed by atoms with van der Waals surface area (Å²) in [5, 5.41) is 17.4. The molecule has 0 aliphatic rings. The maximum absolute atomic E-state index is 12.6. The van der Waals surface area contributed by atoms with Gasteiger partial charge in [-0.25, -0.2) is 0 Å². The van der Waals surface area contributed by atoms with E-state index < -0.39 is 5.25 Å². The van der Waals surface area contributed by atoms with E-state index in [9.17, 15) is 4.79 Å². The Hall–Kier alpha value is -3.11. The average Bonchev–Trinajstić information content (AvgIpc) is 3.49. The largest absolute Gasteiger partial charge is 0.495 e. The zero-order chi connectivity index (χ0) is 21.1. The number of carbonyl (C=O) groups is 1. The number of aromatic nitrogens is 4. The summed E-state index contributed by atoms with van der Waals surface area (Å²) in [4.78, 5) is 13.6. The van der Waals surface area contributed by atoms with Gasteiger partial charge in [-0.3, -0.25) is 14.7 Å². The number of methoxy groups -OCH3 is 1. The van der Waals surface area contributed by atoms with E-state index in [1.807, 2.05) is 46.3 Å². The van der Waals surface area contributed by atoms with E-state index in [1.165, 1.54) is 11.8 Å². The van der Waals surface area contributed by atoms with Gasteiger partial charge >= 0.3 is 0 Å². The van der Waals surface area contributed by atoms with Gasteiger partial charge in [-0.2, -0.15) is 0 Å². The molecular weight excluding hydrogens is 422 g/mol. The molecule has 0 spiro atoms. The average molecular weight is 442 g/mol. The van der Waals surface area contributed by atoms with Crippen LogP contribution < -0.4 is 10.1 Å². The molecule has 1 N–H and O–H groups in total. The highest BCUT2D eigenvalue weighted by Gasteiger charge is 2.24. The lowest BCUT2D eigenvalue weighted by Gasteiger charge is -2.15. The molecule has 0 radical (unpaired) electrons. The molecule has 4 aromatic rings. The minimum absolute atomic E-state index is 0.219. The fourth-order valence-electron chi connectivity index (χ4n) is 2.80. The number of anilines is 1. The van der Waals surface area contributed by atoms with Crippen LogP contribution in [0.2, 0.25) is 0 Å². The maximum Gasteiger partial charge on any atom is 0.240 e. The third-order valence-electron chi connectivity index (χ3n) is 4.23. The van der Waals surface area contributed by atoms with E-state index >= 15 is 0 Å². The van der Waals surface area contributed by atoms with Crippen molar-refractivity contribution in [2.45, 2.75) is 24.3 Å². The topological polar surface area (TPSA) is 95.1 Å². The molecule has 0 saturated carbocycles. The first kappa shape index (κ1) is 20.2. The van der Waals surface area contributed by atoms with Crippen molar-refractivity contribution >= 4 is 34.9 Å². The Kier molecular flexibility index (Phi) is 5.86. The number of ether oxygens (including phenoxy) is 1. The number of nitrogens with one attached hydrogen (secondary N) is 1. The molecule has 1 unspecified atom stereocenters. The molecule has 30 heavy (non-hydrogen) atoms. The fraction of sp³-hybridized carbons (Fsp3) is 0.200. The van der Waals surface area contributed by atoms with Crippen molar-refractivity contribution in [2.24, 2.45) is 0 Å². The summed E-state index contributed by atoms with van der Waals surface area (Å²) in [5.74, 6) is 1.47. The SMILES string of the molecule is COc1ccccc1-n1c(SC(C)C(=O)Nc2cc(C)no2)nnc1-c1cccs1. The van der Waals surface area contributed by atoms with E-state index in [0.29, 0.717) is 28.3 Å². The number of hydrogen-bond donors (Lipinski definition) is 1. The molecule has 3 heterocycles. The number of carbonyl (C=O) groups excluding carboxylic acids is 1. The van der Waals surface area contributed by atoms with Crippen LogP contribution in [0.25, 0.3) is 16.4 Å². The van der Waals surface area contributed by atoms with Gasteiger partial charge in [0, 0.05) is 6.07 Å². The molecule has 0 saturated heterocycles. The first-order valence-corrected chi connectivity index (χ1v) is 10.9. The molecule has 10 heteroatoms. The summed E-state index contributed by atoms with van der Waals surface area (Å²) in [6, 6.07) is 13.3. The Bertz CT molecular complexity index is 1150. The van der Waals surface area contributed by atoms with Gasteiger partial charge in [-0.05, 0) is 37.4 Å². The van der Waals surface area contributed by atoms with Crippen LogP contribution in [-0.4, -0.2) is 38.2 Å². The number of amides is 1. The lowest BCUT2D eigenvalue weighted by atomic mass is 10.3. The molecule has 8 nitrogen and oxygen atoms in total. The van der Waals surface area contributed by atoms with Crippen molar-refractivity contribution in [3.8, 4) is 22.1 Å². The Morgan fingerprint density at radius 1 is 1.27 bits per heavy atom. The van der Waals surface area contributed by atoms with Gasteiger partial charge in [-0.1, -0.05) is 35.1 Å². The third kappa shape index (κ3) is 4.10. The minimum atomic E-state index is -0.454. The summed E-state index contributed by atoms with van der Waals surface area (Å²) >= 11 is 2.87. The predicted molar refractivity (Wildman–Crippen MR) is 116 cm³/mol. The quantitative estimate of drug-likeness (QED) is 0.424. The molecule has 4 rings (SSSR count). The van der Waals surface area contributed by atoms with Gasteiger partial charge in [0.15, 0.2) is 11.0 Å². The number of thiophene rings is 1. The summed E-state index contributed by atoms with van der Waals surface area (Å²) < 4.78 is 12.5. The molecule has 1 atom stereocenters. The molecule has 0 aliphatic heterocycles. The second kappa shape index (κ2) is 8.72. The zero-order valence-corrected chi connectivity index (χ0v) is 18.2. The van der Waals surface area contributed by atoms with E-state index in [-0.39, 0.29) is 5.91 Å². The Morgan fingerprint density at radius 2 is 2.10 bits per heavy atom. The van der Waals surface area contributed by atoms with Crippen molar-refractivity contribution < 1.29 is 14.1 Å². The first-order chi connectivity index (χ1) is 14.6. The number of rotatable bonds is 7. The molecular formula is C20H19N5O3S2. The number of nitrogens with zero attached hydrogens (tertiary/aromatic N) is 4. The van der Waals surface area contributed by atoms with Crippen LogP contribution in [0.15, 0.2) is 57.5 Å². The van der Waals surface area contributed by atoms with Gasteiger partial charge in [0.2, 0.25) is 11.8 Å².